The van der Waals surface area contributed by atoms with Crippen molar-refractivity contribution in [3.05, 3.63) is 35.1 Å². The van der Waals surface area contributed by atoms with Crippen LogP contribution in [0.3, 0.4) is 0 Å². The number of nitrogens with one attached hydrogen (secondary N) is 1. The summed E-state index contributed by atoms with van der Waals surface area (Å²) in [6.07, 6.45) is -3.79. The van der Waals surface area contributed by atoms with Gasteiger partial charge in [-0.25, -0.2) is 4.39 Å². The first-order chi connectivity index (χ1) is 7.48. The van der Waals surface area contributed by atoms with Crippen LogP contribution in [0.1, 0.15) is 23.5 Å². The number of benzene rings is 1. The van der Waals surface area contributed by atoms with Gasteiger partial charge in [-0.3, -0.25) is 0 Å². The van der Waals surface area contributed by atoms with Crippen molar-refractivity contribution < 1.29 is 17.6 Å². The van der Waals surface area contributed by atoms with Crippen LogP contribution in [-0.2, 0) is 6.18 Å². The van der Waals surface area contributed by atoms with Crippen LogP contribution >= 0.6 is 12.4 Å². The standard InChI is InChI=1S/C11H11F4N.ClH/c12-8-1-2-10(11(13,14)15)9(5-8)7-3-4-16-6-7;/h1-2,5,7,16H,3-4,6H2;1H. The van der Waals surface area contributed by atoms with Crippen molar-refractivity contribution >= 4 is 12.4 Å². The first-order valence-corrected chi connectivity index (χ1v) is 5.06. The molecule has 1 unspecified atom stereocenters. The van der Waals surface area contributed by atoms with Gasteiger partial charge in [-0.2, -0.15) is 13.2 Å². The van der Waals surface area contributed by atoms with E-state index in [0.717, 1.165) is 18.2 Å². The topological polar surface area (TPSA) is 12.0 Å². The Labute approximate surface area is 103 Å². The molecule has 1 heterocycles. The lowest BCUT2D eigenvalue weighted by Gasteiger charge is -2.17. The van der Waals surface area contributed by atoms with Crippen LogP contribution in [0.25, 0.3) is 0 Å². The highest BCUT2D eigenvalue weighted by atomic mass is 35.5. The summed E-state index contributed by atoms with van der Waals surface area (Å²) >= 11 is 0. The molecule has 0 saturated carbocycles. The van der Waals surface area contributed by atoms with Crippen LogP contribution in [0, 0.1) is 5.82 Å². The molecule has 1 nitrogen and oxygen atoms in total. The minimum Gasteiger partial charge on any atom is -0.316 e. The molecule has 1 aliphatic rings. The molecule has 6 heteroatoms. The Morgan fingerprint density at radius 2 is 1.94 bits per heavy atom. The van der Waals surface area contributed by atoms with Gasteiger partial charge in [0.1, 0.15) is 5.82 Å². The molecule has 0 spiro atoms. The van der Waals surface area contributed by atoms with Crippen LogP contribution in [0.15, 0.2) is 18.2 Å². The van der Waals surface area contributed by atoms with E-state index in [1.165, 1.54) is 0 Å². The fourth-order valence-corrected chi connectivity index (χ4v) is 2.05. The normalized spacial score (nSPS) is 20.1. The highest BCUT2D eigenvalue weighted by Gasteiger charge is 2.35. The van der Waals surface area contributed by atoms with Crippen LogP contribution in [0.4, 0.5) is 17.6 Å². The Morgan fingerprint density at radius 1 is 1.24 bits per heavy atom. The maximum Gasteiger partial charge on any atom is 0.416 e. The lowest BCUT2D eigenvalue weighted by atomic mass is 9.93. The number of hydrogen-bond acceptors (Lipinski definition) is 1. The van der Waals surface area contributed by atoms with Crippen molar-refractivity contribution in [2.24, 2.45) is 0 Å². The Bertz CT molecular complexity index is 386. The Kier molecular flexibility index (Phi) is 4.38. The van der Waals surface area contributed by atoms with E-state index in [4.69, 9.17) is 0 Å². The third kappa shape index (κ3) is 3.10. The molecule has 17 heavy (non-hydrogen) atoms. The second-order valence-electron chi connectivity index (χ2n) is 3.92. The Morgan fingerprint density at radius 3 is 2.47 bits per heavy atom. The molecule has 0 bridgehead atoms. The molecule has 1 aromatic carbocycles. The van der Waals surface area contributed by atoms with Crippen LogP contribution in [0.2, 0.25) is 0 Å². The van der Waals surface area contributed by atoms with Gasteiger partial charge in [0.05, 0.1) is 5.56 Å². The van der Waals surface area contributed by atoms with E-state index < -0.39 is 17.6 Å². The Hall–Kier alpha value is -0.810. The van der Waals surface area contributed by atoms with Crippen molar-refractivity contribution in [2.45, 2.75) is 18.5 Å². The van der Waals surface area contributed by atoms with Gasteiger partial charge in [0, 0.05) is 6.54 Å². The zero-order valence-corrected chi connectivity index (χ0v) is 9.67. The van der Waals surface area contributed by atoms with Gasteiger partial charge in [-0.1, -0.05) is 0 Å². The van der Waals surface area contributed by atoms with Gasteiger partial charge >= 0.3 is 6.18 Å². The van der Waals surface area contributed by atoms with E-state index in [9.17, 15) is 17.6 Å². The summed E-state index contributed by atoms with van der Waals surface area (Å²) in [4.78, 5) is 0. The van der Waals surface area contributed by atoms with E-state index in [2.05, 4.69) is 5.32 Å². The molecule has 1 saturated heterocycles. The fourth-order valence-electron chi connectivity index (χ4n) is 2.05. The number of rotatable bonds is 1. The highest BCUT2D eigenvalue weighted by molar-refractivity contribution is 5.85. The Balaban J connectivity index is 0.00000144. The summed E-state index contributed by atoms with van der Waals surface area (Å²) in [7, 11) is 0. The van der Waals surface area contributed by atoms with Crippen LogP contribution in [0.5, 0.6) is 0 Å². The predicted molar refractivity (Wildman–Crippen MR) is 58.9 cm³/mol. The number of alkyl halides is 3. The van der Waals surface area contributed by atoms with Gasteiger partial charge in [0.2, 0.25) is 0 Å². The molecular weight excluding hydrogens is 258 g/mol. The van der Waals surface area contributed by atoms with E-state index >= 15 is 0 Å². The quantitative estimate of drug-likeness (QED) is 0.771. The zero-order valence-electron chi connectivity index (χ0n) is 8.85. The first-order valence-electron chi connectivity index (χ1n) is 5.06. The summed E-state index contributed by atoms with van der Waals surface area (Å²) in [6.45, 7) is 1.16. The van der Waals surface area contributed by atoms with Crippen molar-refractivity contribution in [3.8, 4) is 0 Å². The lowest BCUT2D eigenvalue weighted by Crippen LogP contribution is -2.14. The fraction of sp³-hybridized carbons (Fsp3) is 0.455. The minimum atomic E-state index is -4.41. The lowest BCUT2D eigenvalue weighted by molar-refractivity contribution is -0.138. The molecule has 1 N–H and O–H groups in total. The highest BCUT2D eigenvalue weighted by Crippen LogP contribution is 2.37. The summed E-state index contributed by atoms with van der Waals surface area (Å²) in [5.74, 6) is -0.859. The van der Waals surface area contributed by atoms with Crippen molar-refractivity contribution in [1.29, 1.82) is 0 Å². The van der Waals surface area contributed by atoms with Crippen molar-refractivity contribution in [2.75, 3.05) is 13.1 Å². The van der Waals surface area contributed by atoms with Gasteiger partial charge in [0.15, 0.2) is 0 Å². The van der Waals surface area contributed by atoms with Crippen LogP contribution in [-0.4, -0.2) is 13.1 Å². The largest absolute Gasteiger partial charge is 0.416 e. The average molecular weight is 270 g/mol. The molecule has 2 rings (SSSR count). The van der Waals surface area contributed by atoms with Gasteiger partial charge in [-0.05, 0) is 42.6 Å². The van der Waals surface area contributed by atoms with E-state index in [1.54, 1.807) is 0 Å². The molecule has 1 fully saturated rings. The second-order valence-corrected chi connectivity index (χ2v) is 3.92. The smallest absolute Gasteiger partial charge is 0.316 e. The average Bonchev–Trinajstić information content (AvgIpc) is 2.68. The van der Waals surface area contributed by atoms with Gasteiger partial charge in [-0.15, -0.1) is 12.4 Å². The molecule has 1 aromatic rings. The first kappa shape index (κ1) is 14.3. The summed E-state index contributed by atoms with van der Waals surface area (Å²) in [6, 6.07) is 2.68. The summed E-state index contributed by atoms with van der Waals surface area (Å²) in [5, 5.41) is 2.98. The third-order valence-corrected chi connectivity index (χ3v) is 2.82. The summed E-state index contributed by atoms with van der Waals surface area (Å²) < 4.78 is 51.1. The maximum absolute atomic E-state index is 13.0. The molecule has 0 radical (unpaired) electrons. The maximum atomic E-state index is 13.0. The molecule has 1 aliphatic heterocycles. The second kappa shape index (κ2) is 5.23. The molecule has 96 valence electrons. The van der Waals surface area contributed by atoms with Crippen LogP contribution < -0.4 is 5.32 Å². The number of halogens is 5. The summed E-state index contributed by atoms with van der Waals surface area (Å²) in [5.41, 5.74) is -0.653. The molecule has 0 amide bonds. The van der Waals surface area contributed by atoms with Gasteiger partial charge in [0.25, 0.3) is 0 Å². The van der Waals surface area contributed by atoms with Crippen molar-refractivity contribution in [3.63, 3.8) is 0 Å². The van der Waals surface area contributed by atoms with Gasteiger partial charge < -0.3 is 5.32 Å². The molecule has 1 atom stereocenters. The molecular formula is C11H12ClF4N. The molecule has 0 aromatic heterocycles. The van der Waals surface area contributed by atoms with E-state index in [-0.39, 0.29) is 23.9 Å². The predicted octanol–water partition coefficient (Wildman–Crippen LogP) is 3.34. The minimum absolute atomic E-state index is 0. The van der Waals surface area contributed by atoms with E-state index in [0.29, 0.717) is 19.5 Å². The van der Waals surface area contributed by atoms with Crippen molar-refractivity contribution in [1.82, 2.24) is 5.32 Å². The monoisotopic (exact) mass is 269 g/mol. The molecule has 0 aliphatic carbocycles. The zero-order chi connectivity index (χ0) is 11.8. The number of hydrogen-bond donors (Lipinski definition) is 1. The SMILES string of the molecule is Cl.Fc1ccc(C(F)(F)F)c(C2CCNC2)c1. The third-order valence-electron chi connectivity index (χ3n) is 2.82. The van der Waals surface area contributed by atoms with E-state index in [1.807, 2.05) is 0 Å².